The van der Waals surface area contributed by atoms with E-state index in [1.54, 1.807) is 6.07 Å². The second-order valence-electron chi connectivity index (χ2n) is 5.68. The summed E-state index contributed by atoms with van der Waals surface area (Å²) >= 11 is 3.26. The lowest BCUT2D eigenvalue weighted by Gasteiger charge is -2.38. The number of hydrogen-bond acceptors (Lipinski definition) is 3. The maximum atomic E-state index is 14.5. The van der Waals surface area contributed by atoms with Gasteiger partial charge in [0.1, 0.15) is 10.7 Å². The summed E-state index contributed by atoms with van der Waals surface area (Å²) in [5, 5.41) is 3.01. The largest absolute Gasteiger partial charge is 0.313 e. The first-order valence-electron chi connectivity index (χ1n) is 7.00. The average Bonchev–Trinajstić information content (AvgIpc) is 2.37. The van der Waals surface area contributed by atoms with E-state index in [-0.39, 0.29) is 4.90 Å². The number of rotatable bonds is 6. The van der Waals surface area contributed by atoms with Gasteiger partial charge in [0.2, 0.25) is 10.0 Å². The Bertz CT molecular complexity index is 630. The smallest absolute Gasteiger partial charge is 0.244 e. The van der Waals surface area contributed by atoms with Gasteiger partial charge in [-0.3, -0.25) is 0 Å². The van der Waals surface area contributed by atoms with Crippen LogP contribution < -0.4 is 10.0 Å². The molecule has 0 bridgehead atoms. The molecule has 7 heteroatoms. The zero-order valence-electron chi connectivity index (χ0n) is 12.2. The lowest BCUT2D eigenvalue weighted by molar-refractivity contribution is 0.247. The maximum absolute atomic E-state index is 14.5. The van der Waals surface area contributed by atoms with E-state index < -0.39 is 21.4 Å². The predicted octanol–water partition coefficient (Wildman–Crippen LogP) is 2.92. The topological polar surface area (TPSA) is 58.2 Å². The third-order valence-corrected chi connectivity index (χ3v) is 5.87. The zero-order valence-corrected chi connectivity index (χ0v) is 14.6. The fraction of sp³-hybridized carbons (Fsp3) is 0.571. The summed E-state index contributed by atoms with van der Waals surface area (Å²) < 4.78 is 42.6. The van der Waals surface area contributed by atoms with Gasteiger partial charge in [-0.05, 0) is 44.9 Å². The summed E-state index contributed by atoms with van der Waals surface area (Å²) in [4.78, 5) is -0.294. The van der Waals surface area contributed by atoms with Crippen LogP contribution in [0.5, 0.6) is 0 Å². The molecule has 1 aliphatic carbocycles. The molecular formula is C14H20BrFN2O2S. The van der Waals surface area contributed by atoms with E-state index in [0.29, 0.717) is 23.1 Å². The average molecular weight is 379 g/mol. The molecule has 0 atom stereocenters. The molecule has 0 unspecified atom stereocenters. The van der Waals surface area contributed by atoms with Crippen molar-refractivity contribution in [3.63, 3.8) is 0 Å². The first-order valence-corrected chi connectivity index (χ1v) is 9.28. The normalized spacial score (nSPS) is 17.5. The van der Waals surface area contributed by atoms with Crippen LogP contribution in [0.15, 0.2) is 21.5 Å². The number of nitrogens with one attached hydrogen (secondary N) is 2. The standard InChI is InChI=1S/C14H20BrFN2O2S/c1-3-17-9-10-7-11(15)8-12(13(10)16)21(19,20)18-14(2)5-4-6-14/h7-8,17-18H,3-6,9H2,1-2H3. The summed E-state index contributed by atoms with van der Waals surface area (Å²) in [6, 6.07) is 2.91. The van der Waals surface area contributed by atoms with Crippen LogP contribution in [0.25, 0.3) is 0 Å². The van der Waals surface area contributed by atoms with Crippen LogP contribution in [-0.4, -0.2) is 20.5 Å². The third-order valence-electron chi connectivity index (χ3n) is 3.77. The second-order valence-corrected chi connectivity index (χ2v) is 8.24. The van der Waals surface area contributed by atoms with Gasteiger partial charge in [0, 0.05) is 22.1 Å². The number of sulfonamides is 1. The van der Waals surface area contributed by atoms with Crippen molar-refractivity contribution in [3.05, 3.63) is 28.0 Å². The summed E-state index contributed by atoms with van der Waals surface area (Å²) in [5.41, 5.74) is -0.111. The molecule has 1 saturated carbocycles. The van der Waals surface area contributed by atoms with Gasteiger partial charge >= 0.3 is 0 Å². The van der Waals surface area contributed by atoms with E-state index in [2.05, 4.69) is 26.0 Å². The van der Waals surface area contributed by atoms with E-state index >= 15 is 0 Å². The van der Waals surface area contributed by atoms with Gasteiger partial charge in [-0.15, -0.1) is 0 Å². The first kappa shape index (κ1) is 16.9. The monoisotopic (exact) mass is 378 g/mol. The van der Waals surface area contributed by atoms with Crippen molar-refractivity contribution in [1.82, 2.24) is 10.0 Å². The Hall–Kier alpha value is -0.500. The molecule has 1 aliphatic rings. The molecule has 4 nitrogen and oxygen atoms in total. The molecule has 21 heavy (non-hydrogen) atoms. The molecule has 0 saturated heterocycles. The van der Waals surface area contributed by atoms with Crippen molar-refractivity contribution in [1.29, 1.82) is 0 Å². The molecule has 0 radical (unpaired) electrons. The van der Waals surface area contributed by atoms with Crippen LogP contribution in [-0.2, 0) is 16.6 Å². The Morgan fingerprint density at radius 1 is 1.38 bits per heavy atom. The molecule has 2 N–H and O–H groups in total. The van der Waals surface area contributed by atoms with Crippen molar-refractivity contribution in [3.8, 4) is 0 Å². The van der Waals surface area contributed by atoms with Crippen molar-refractivity contribution in [2.24, 2.45) is 0 Å². The quantitative estimate of drug-likeness (QED) is 0.799. The molecule has 0 aromatic heterocycles. The predicted molar refractivity (Wildman–Crippen MR) is 84.1 cm³/mol. The van der Waals surface area contributed by atoms with Crippen LogP contribution in [0.3, 0.4) is 0 Å². The zero-order chi connectivity index (χ0) is 15.7. The highest BCUT2D eigenvalue weighted by Crippen LogP contribution is 2.33. The summed E-state index contributed by atoms with van der Waals surface area (Å²) in [7, 11) is -3.86. The minimum Gasteiger partial charge on any atom is -0.313 e. The fourth-order valence-corrected chi connectivity index (χ4v) is 4.66. The van der Waals surface area contributed by atoms with Crippen molar-refractivity contribution < 1.29 is 12.8 Å². The highest BCUT2D eigenvalue weighted by atomic mass is 79.9. The van der Waals surface area contributed by atoms with Gasteiger partial charge in [-0.1, -0.05) is 22.9 Å². The van der Waals surface area contributed by atoms with Gasteiger partial charge in [-0.2, -0.15) is 0 Å². The van der Waals surface area contributed by atoms with Crippen molar-refractivity contribution in [2.75, 3.05) is 6.54 Å². The van der Waals surface area contributed by atoms with E-state index in [4.69, 9.17) is 0 Å². The maximum Gasteiger partial charge on any atom is 0.244 e. The molecule has 0 aliphatic heterocycles. The Balaban J connectivity index is 2.35. The number of hydrogen-bond donors (Lipinski definition) is 2. The van der Waals surface area contributed by atoms with Gasteiger partial charge in [-0.25, -0.2) is 17.5 Å². The van der Waals surface area contributed by atoms with E-state index in [1.807, 2.05) is 13.8 Å². The fourth-order valence-electron chi connectivity index (χ4n) is 2.39. The minimum atomic E-state index is -3.86. The van der Waals surface area contributed by atoms with Gasteiger partial charge < -0.3 is 5.32 Å². The van der Waals surface area contributed by atoms with E-state index in [1.165, 1.54) is 6.07 Å². The van der Waals surface area contributed by atoms with E-state index in [0.717, 1.165) is 19.3 Å². The summed E-state index contributed by atoms with van der Waals surface area (Å²) in [6.07, 6.45) is 2.56. The summed E-state index contributed by atoms with van der Waals surface area (Å²) in [6.45, 7) is 4.74. The summed E-state index contributed by atoms with van der Waals surface area (Å²) in [5.74, 6) is -0.686. The van der Waals surface area contributed by atoms with Crippen molar-refractivity contribution >= 4 is 26.0 Å². The lowest BCUT2D eigenvalue weighted by Crippen LogP contribution is -2.50. The first-order chi connectivity index (χ1) is 9.77. The molecule has 1 aromatic rings. The van der Waals surface area contributed by atoms with E-state index in [9.17, 15) is 12.8 Å². The van der Waals surface area contributed by atoms with Crippen LogP contribution >= 0.6 is 15.9 Å². The van der Waals surface area contributed by atoms with Gasteiger partial charge in [0.25, 0.3) is 0 Å². The Labute approximate surface area is 133 Å². The van der Waals surface area contributed by atoms with Gasteiger partial charge in [0.05, 0.1) is 0 Å². The van der Waals surface area contributed by atoms with Crippen LogP contribution in [0.4, 0.5) is 4.39 Å². The molecular weight excluding hydrogens is 359 g/mol. The van der Waals surface area contributed by atoms with Crippen molar-refractivity contribution in [2.45, 2.75) is 50.1 Å². The molecule has 0 spiro atoms. The van der Waals surface area contributed by atoms with Crippen LogP contribution in [0.1, 0.15) is 38.7 Å². The Morgan fingerprint density at radius 3 is 2.57 bits per heavy atom. The number of benzene rings is 1. The third kappa shape index (κ3) is 3.83. The molecule has 118 valence electrons. The second kappa shape index (κ2) is 6.32. The molecule has 1 fully saturated rings. The van der Waals surface area contributed by atoms with Gasteiger partial charge in [0.15, 0.2) is 0 Å². The molecule has 0 heterocycles. The van der Waals surface area contributed by atoms with Crippen LogP contribution in [0.2, 0.25) is 0 Å². The lowest BCUT2D eigenvalue weighted by atomic mass is 9.80. The minimum absolute atomic E-state index is 0.293. The SMILES string of the molecule is CCNCc1cc(Br)cc(S(=O)(=O)NC2(C)CCC2)c1F. The number of halogens is 2. The van der Waals surface area contributed by atoms with Crippen LogP contribution in [0, 0.1) is 5.82 Å². The highest BCUT2D eigenvalue weighted by Gasteiger charge is 2.37. The molecule has 2 rings (SSSR count). The molecule has 1 aromatic carbocycles. The Morgan fingerprint density at radius 2 is 2.05 bits per heavy atom. The molecule has 0 amide bonds. The highest BCUT2D eigenvalue weighted by molar-refractivity contribution is 9.10. The Kier molecular flexibility index (Phi) is 5.07.